The van der Waals surface area contributed by atoms with Crippen LogP contribution in [-0.2, 0) is 6.18 Å². The fourth-order valence-corrected chi connectivity index (χ4v) is 13.2. The van der Waals surface area contributed by atoms with Gasteiger partial charge in [-0.2, -0.15) is 23.7 Å². The third kappa shape index (κ3) is 10.1. The molecule has 0 fully saturated rings. The summed E-state index contributed by atoms with van der Waals surface area (Å²) in [6, 6.07) is 92.8. The summed E-state index contributed by atoms with van der Waals surface area (Å²) in [5.41, 5.74) is 16.1. The van der Waals surface area contributed by atoms with Crippen molar-refractivity contribution in [1.82, 2.24) is 29.1 Å². The highest BCUT2D eigenvalue weighted by Crippen LogP contribution is 2.47. The van der Waals surface area contributed by atoms with Crippen molar-refractivity contribution in [3.63, 3.8) is 0 Å². The Bertz CT molecular complexity index is 5470. The molecule has 442 valence electrons. The lowest BCUT2D eigenvalue weighted by Crippen LogP contribution is -2.10. The SMILES string of the molecule is N#Cc1cc(-n2c3cc(-c4ccnc(-c5ccccc5)c4)ccc3c3ccc(-c4ccnc(-c5ccccc5)c4)cc32)c(-n2c3cc(-c4ccnc(-c5ccccc5)c4)ccc3c3ccc(-c4ccnc(-c5ccccc5)c4)cc32)cc1-c1c(C#N)cccc1C(F)(F)F. The Morgan fingerprint density at radius 2 is 0.596 bits per heavy atom. The number of hydrogen-bond acceptors (Lipinski definition) is 6. The molecule has 8 nitrogen and oxygen atoms in total. The van der Waals surface area contributed by atoms with Crippen molar-refractivity contribution >= 4 is 43.6 Å². The van der Waals surface area contributed by atoms with Gasteiger partial charge in [0.2, 0.25) is 0 Å². The standard InChI is InChI=1S/C83H49F3N8/c84-83(85,86)71-23-13-22-64(50-87)82(71)70-49-81(94-78-46-58(62-34-38-91-74(42-62)54-18-9-3-10-19-54)26-30-68(78)69-31-27-59(47-79(69)94)63-35-39-92-75(43-63)55-20-11-4-12-21-55)80(48-65(70)51-88)93-76-44-56(60-32-36-89-72(40-60)52-14-5-1-6-15-52)24-28-66(76)67-29-25-57(45-77(67)93)61-33-37-90-73(41-61)53-16-7-2-8-17-53/h1-49H. The zero-order valence-electron chi connectivity index (χ0n) is 50.0. The first-order chi connectivity index (χ1) is 46.1. The quantitative estimate of drug-likeness (QED) is 0.128. The maximum absolute atomic E-state index is 15.8. The van der Waals surface area contributed by atoms with Crippen molar-refractivity contribution in [2.24, 2.45) is 0 Å². The van der Waals surface area contributed by atoms with Crippen molar-refractivity contribution in [3.8, 4) is 124 Å². The van der Waals surface area contributed by atoms with Crippen molar-refractivity contribution in [1.29, 1.82) is 10.5 Å². The summed E-state index contributed by atoms with van der Waals surface area (Å²) in [6.45, 7) is 0. The first-order valence-electron chi connectivity index (χ1n) is 30.6. The van der Waals surface area contributed by atoms with E-state index in [0.29, 0.717) is 11.4 Å². The van der Waals surface area contributed by atoms with E-state index in [2.05, 4.69) is 118 Å². The smallest absolute Gasteiger partial charge is 0.307 e. The molecule has 0 N–H and O–H groups in total. The van der Waals surface area contributed by atoms with Crippen LogP contribution < -0.4 is 0 Å². The lowest BCUT2D eigenvalue weighted by atomic mass is 9.90. The topological polar surface area (TPSA) is 109 Å². The highest BCUT2D eigenvalue weighted by molar-refractivity contribution is 6.14. The lowest BCUT2D eigenvalue weighted by Gasteiger charge is -2.22. The molecule has 6 aromatic heterocycles. The molecule has 10 aromatic carbocycles. The van der Waals surface area contributed by atoms with E-state index in [9.17, 15) is 10.5 Å². The summed E-state index contributed by atoms with van der Waals surface area (Å²) in [4.78, 5) is 19.1. The Labute approximate surface area is 538 Å². The second-order valence-corrected chi connectivity index (χ2v) is 23.1. The van der Waals surface area contributed by atoms with Gasteiger partial charge >= 0.3 is 6.18 Å². The number of aromatic nitrogens is 6. The van der Waals surface area contributed by atoms with Gasteiger partial charge in [0.15, 0.2) is 0 Å². The maximum atomic E-state index is 15.8. The number of nitrogens with zero attached hydrogens (tertiary/aromatic N) is 8. The number of hydrogen-bond donors (Lipinski definition) is 0. The third-order valence-electron chi connectivity index (χ3n) is 17.7. The van der Waals surface area contributed by atoms with Gasteiger partial charge in [0.25, 0.3) is 0 Å². The first kappa shape index (κ1) is 56.4. The Hall–Kier alpha value is -12.8. The van der Waals surface area contributed by atoms with Crippen molar-refractivity contribution < 1.29 is 13.2 Å². The minimum absolute atomic E-state index is 0.0612. The van der Waals surface area contributed by atoms with Crippen molar-refractivity contribution in [3.05, 3.63) is 314 Å². The van der Waals surface area contributed by atoms with E-state index in [4.69, 9.17) is 19.9 Å². The first-order valence-corrected chi connectivity index (χ1v) is 30.6. The minimum atomic E-state index is -4.92. The molecule has 0 bridgehead atoms. The minimum Gasteiger partial charge on any atom is -0.307 e. The van der Waals surface area contributed by atoms with E-state index in [-0.39, 0.29) is 16.7 Å². The Morgan fingerprint density at radius 1 is 0.287 bits per heavy atom. The fraction of sp³-hybridized carbons (Fsp3) is 0.0120. The van der Waals surface area contributed by atoms with E-state index < -0.39 is 17.3 Å². The van der Waals surface area contributed by atoms with Crippen molar-refractivity contribution in [2.75, 3.05) is 0 Å². The highest BCUT2D eigenvalue weighted by atomic mass is 19.4. The molecule has 0 aliphatic heterocycles. The summed E-state index contributed by atoms with van der Waals surface area (Å²) < 4.78 is 51.6. The van der Waals surface area contributed by atoms with Crippen LogP contribution in [0.4, 0.5) is 13.2 Å². The molecule has 0 amide bonds. The summed E-state index contributed by atoms with van der Waals surface area (Å²) in [5.74, 6) is 0. The van der Waals surface area contributed by atoms with Crippen LogP contribution in [0.15, 0.2) is 298 Å². The molecule has 16 aromatic rings. The maximum Gasteiger partial charge on any atom is 0.417 e. The van der Waals surface area contributed by atoms with E-state index in [1.807, 2.05) is 146 Å². The van der Waals surface area contributed by atoms with Crippen LogP contribution in [0.3, 0.4) is 0 Å². The third-order valence-corrected chi connectivity index (χ3v) is 17.7. The number of nitriles is 2. The van der Waals surface area contributed by atoms with Crippen LogP contribution in [0.5, 0.6) is 0 Å². The van der Waals surface area contributed by atoms with Gasteiger partial charge in [0, 0.05) is 79.7 Å². The molecule has 6 heterocycles. The molecule has 16 rings (SSSR count). The molecule has 11 heteroatoms. The van der Waals surface area contributed by atoms with Gasteiger partial charge in [-0.3, -0.25) is 19.9 Å². The van der Waals surface area contributed by atoms with E-state index in [1.165, 1.54) is 12.1 Å². The Morgan fingerprint density at radius 3 is 0.904 bits per heavy atom. The largest absolute Gasteiger partial charge is 0.417 e. The molecular weight excluding hydrogens is 1170 g/mol. The van der Waals surface area contributed by atoms with Crippen LogP contribution >= 0.6 is 0 Å². The van der Waals surface area contributed by atoms with Crippen LogP contribution in [0.25, 0.3) is 156 Å². The van der Waals surface area contributed by atoms with Gasteiger partial charge in [-0.05, 0) is 142 Å². The zero-order valence-corrected chi connectivity index (χ0v) is 50.0. The average Bonchev–Trinajstić information content (AvgIpc) is 1.53. The summed E-state index contributed by atoms with van der Waals surface area (Å²) in [7, 11) is 0. The normalized spacial score (nSPS) is 11.5. The van der Waals surface area contributed by atoms with E-state index in [0.717, 1.165) is 139 Å². The van der Waals surface area contributed by atoms with E-state index >= 15 is 13.2 Å². The second-order valence-electron chi connectivity index (χ2n) is 23.1. The number of benzene rings is 10. The molecule has 94 heavy (non-hydrogen) atoms. The van der Waals surface area contributed by atoms with Gasteiger partial charge in [0.1, 0.15) is 0 Å². The van der Waals surface area contributed by atoms with Crippen LogP contribution in [0, 0.1) is 22.7 Å². The van der Waals surface area contributed by atoms with Crippen molar-refractivity contribution in [2.45, 2.75) is 6.18 Å². The van der Waals surface area contributed by atoms with E-state index in [1.54, 1.807) is 36.9 Å². The van der Waals surface area contributed by atoms with Gasteiger partial charge < -0.3 is 9.13 Å². The molecule has 0 unspecified atom stereocenters. The highest BCUT2D eigenvalue weighted by Gasteiger charge is 2.36. The van der Waals surface area contributed by atoms with Crippen LogP contribution in [-0.4, -0.2) is 29.1 Å². The number of alkyl halides is 3. The predicted octanol–water partition coefficient (Wildman–Crippen LogP) is 21.2. The average molecular weight is 1220 g/mol. The van der Waals surface area contributed by atoms with Gasteiger partial charge in [-0.1, -0.05) is 176 Å². The number of pyridine rings is 4. The Kier molecular flexibility index (Phi) is 13.9. The van der Waals surface area contributed by atoms with Crippen LogP contribution in [0.1, 0.15) is 16.7 Å². The molecule has 0 radical (unpaired) electrons. The zero-order chi connectivity index (χ0) is 63.4. The number of fused-ring (bicyclic) bond motifs is 6. The molecule has 0 aliphatic carbocycles. The summed E-state index contributed by atoms with van der Waals surface area (Å²) >= 11 is 0. The monoisotopic (exact) mass is 1210 g/mol. The van der Waals surface area contributed by atoms with Crippen LogP contribution in [0.2, 0.25) is 0 Å². The predicted molar refractivity (Wildman–Crippen MR) is 370 cm³/mol. The molecule has 0 aliphatic rings. The molecule has 0 saturated heterocycles. The summed E-state index contributed by atoms with van der Waals surface area (Å²) in [6.07, 6.45) is 2.29. The van der Waals surface area contributed by atoms with Gasteiger partial charge in [0.05, 0.1) is 85.0 Å². The Balaban J connectivity index is 1.04. The van der Waals surface area contributed by atoms with Gasteiger partial charge in [-0.15, -0.1) is 0 Å². The second kappa shape index (κ2) is 23.2. The van der Waals surface area contributed by atoms with Gasteiger partial charge in [-0.25, -0.2) is 0 Å². The lowest BCUT2D eigenvalue weighted by molar-refractivity contribution is -0.137. The molecular formula is C83H49F3N8. The fourth-order valence-electron chi connectivity index (χ4n) is 13.2. The number of rotatable bonds is 11. The molecule has 0 saturated carbocycles. The number of halogens is 3. The molecule has 0 atom stereocenters. The summed E-state index contributed by atoms with van der Waals surface area (Å²) in [5, 5.41) is 26.0. The molecule has 0 spiro atoms.